The fourth-order valence-corrected chi connectivity index (χ4v) is 1.32. The first-order valence-corrected chi connectivity index (χ1v) is 6.14. The molecule has 1 amide bonds. The molecule has 0 spiro atoms. The van der Waals surface area contributed by atoms with Crippen LogP contribution in [0.5, 0.6) is 5.75 Å². The fourth-order valence-electron chi connectivity index (χ4n) is 1.20. The van der Waals surface area contributed by atoms with Crippen LogP contribution in [0.1, 0.15) is 20.8 Å². The van der Waals surface area contributed by atoms with Gasteiger partial charge in [0.15, 0.2) is 0 Å². The highest BCUT2D eigenvalue weighted by atomic mass is 35.5. The summed E-state index contributed by atoms with van der Waals surface area (Å²) < 4.78 is 5.44. The molecule has 17 heavy (non-hydrogen) atoms. The van der Waals surface area contributed by atoms with E-state index in [1.807, 2.05) is 31.2 Å². The van der Waals surface area contributed by atoms with Gasteiger partial charge in [-0.05, 0) is 32.9 Å². The summed E-state index contributed by atoms with van der Waals surface area (Å²) in [5, 5.41) is 2.84. The van der Waals surface area contributed by atoms with Crippen molar-refractivity contribution in [2.75, 3.05) is 17.8 Å². The maximum absolute atomic E-state index is 12.0. The SMILES string of the molecule is CCOc1ccccc1NC(=O)C(C)(C)CCl. The van der Waals surface area contributed by atoms with Crippen molar-refractivity contribution in [1.82, 2.24) is 0 Å². The van der Waals surface area contributed by atoms with Crippen molar-refractivity contribution in [3.8, 4) is 5.75 Å². The van der Waals surface area contributed by atoms with E-state index < -0.39 is 5.41 Å². The minimum atomic E-state index is -0.596. The molecule has 0 aliphatic heterocycles. The number of nitrogens with one attached hydrogen (secondary N) is 1. The van der Waals surface area contributed by atoms with E-state index in [1.165, 1.54) is 0 Å². The Bertz CT molecular complexity index is 391. The Morgan fingerprint density at radius 1 is 1.41 bits per heavy atom. The van der Waals surface area contributed by atoms with Gasteiger partial charge in [-0.1, -0.05) is 12.1 Å². The molecular weight excluding hydrogens is 238 g/mol. The first kappa shape index (κ1) is 13.8. The number of anilines is 1. The largest absolute Gasteiger partial charge is 0.492 e. The highest BCUT2D eigenvalue weighted by Gasteiger charge is 2.27. The Kier molecular flexibility index (Phi) is 4.82. The third kappa shape index (κ3) is 3.63. The number of hydrogen-bond acceptors (Lipinski definition) is 2. The van der Waals surface area contributed by atoms with Crippen molar-refractivity contribution in [3.05, 3.63) is 24.3 Å². The molecule has 1 rings (SSSR count). The van der Waals surface area contributed by atoms with Crippen LogP contribution in [0, 0.1) is 5.41 Å². The van der Waals surface area contributed by atoms with Gasteiger partial charge < -0.3 is 10.1 Å². The summed E-state index contributed by atoms with van der Waals surface area (Å²) in [6.07, 6.45) is 0. The van der Waals surface area contributed by atoms with Gasteiger partial charge in [0.05, 0.1) is 17.7 Å². The molecule has 0 saturated heterocycles. The van der Waals surface area contributed by atoms with Crippen molar-refractivity contribution >= 4 is 23.2 Å². The van der Waals surface area contributed by atoms with Crippen molar-refractivity contribution in [2.45, 2.75) is 20.8 Å². The molecule has 1 N–H and O–H groups in total. The lowest BCUT2D eigenvalue weighted by Crippen LogP contribution is -2.32. The minimum Gasteiger partial charge on any atom is -0.492 e. The van der Waals surface area contributed by atoms with Gasteiger partial charge in [0, 0.05) is 5.88 Å². The summed E-state index contributed by atoms with van der Waals surface area (Å²) in [5.74, 6) is 0.837. The average Bonchev–Trinajstić information content (AvgIpc) is 2.32. The van der Waals surface area contributed by atoms with E-state index in [9.17, 15) is 4.79 Å². The maximum atomic E-state index is 12.0. The molecule has 0 unspecified atom stereocenters. The number of hydrogen-bond donors (Lipinski definition) is 1. The number of amides is 1. The number of carbonyl (C=O) groups is 1. The van der Waals surface area contributed by atoms with Gasteiger partial charge in [-0.25, -0.2) is 0 Å². The van der Waals surface area contributed by atoms with Crippen LogP contribution in [-0.4, -0.2) is 18.4 Å². The van der Waals surface area contributed by atoms with Gasteiger partial charge in [0.1, 0.15) is 5.75 Å². The van der Waals surface area contributed by atoms with Gasteiger partial charge >= 0.3 is 0 Å². The van der Waals surface area contributed by atoms with Gasteiger partial charge in [-0.15, -0.1) is 11.6 Å². The normalized spacial score (nSPS) is 11.1. The Labute approximate surface area is 107 Å². The predicted octanol–water partition coefficient (Wildman–Crippen LogP) is 3.29. The molecule has 0 atom stereocenters. The topological polar surface area (TPSA) is 38.3 Å². The van der Waals surface area contributed by atoms with Crippen LogP contribution in [0.2, 0.25) is 0 Å². The lowest BCUT2D eigenvalue weighted by Gasteiger charge is -2.21. The van der Waals surface area contributed by atoms with Crippen LogP contribution < -0.4 is 10.1 Å². The van der Waals surface area contributed by atoms with Gasteiger partial charge in [-0.2, -0.15) is 0 Å². The van der Waals surface area contributed by atoms with Gasteiger partial charge in [0.2, 0.25) is 5.91 Å². The van der Waals surface area contributed by atoms with Gasteiger partial charge in [-0.3, -0.25) is 4.79 Å². The molecule has 3 nitrogen and oxygen atoms in total. The van der Waals surface area contributed by atoms with Crippen molar-refractivity contribution in [1.29, 1.82) is 0 Å². The van der Waals surface area contributed by atoms with Crippen LogP contribution in [0.15, 0.2) is 24.3 Å². The van der Waals surface area contributed by atoms with E-state index >= 15 is 0 Å². The fraction of sp³-hybridized carbons (Fsp3) is 0.462. The molecule has 4 heteroatoms. The summed E-state index contributed by atoms with van der Waals surface area (Å²) in [6, 6.07) is 7.36. The quantitative estimate of drug-likeness (QED) is 0.820. The predicted molar refractivity (Wildman–Crippen MR) is 70.7 cm³/mol. The maximum Gasteiger partial charge on any atom is 0.231 e. The second-order valence-corrected chi connectivity index (χ2v) is 4.67. The number of para-hydroxylation sites is 2. The third-order valence-electron chi connectivity index (χ3n) is 2.38. The molecule has 94 valence electrons. The first-order valence-electron chi connectivity index (χ1n) is 5.60. The van der Waals surface area contributed by atoms with Crippen LogP contribution in [0.3, 0.4) is 0 Å². The van der Waals surface area contributed by atoms with Crippen LogP contribution >= 0.6 is 11.6 Å². The second kappa shape index (κ2) is 5.92. The van der Waals surface area contributed by atoms with E-state index in [2.05, 4.69) is 5.32 Å². The zero-order valence-corrected chi connectivity index (χ0v) is 11.2. The molecule has 0 aliphatic rings. The Morgan fingerprint density at radius 3 is 2.65 bits per heavy atom. The zero-order chi connectivity index (χ0) is 12.9. The van der Waals surface area contributed by atoms with Crippen molar-refractivity contribution in [3.63, 3.8) is 0 Å². The molecule has 1 aromatic rings. The van der Waals surface area contributed by atoms with E-state index in [0.717, 1.165) is 0 Å². The van der Waals surface area contributed by atoms with Crippen LogP contribution in [-0.2, 0) is 4.79 Å². The summed E-state index contributed by atoms with van der Waals surface area (Å²) in [6.45, 7) is 6.07. The molecule has 0 saturated carbocycles. The molecule has 1 aromatic carbocycles. The number of carbonyl (C=O) groups excluding carboxylic acids is 1. The highest BCUT2D eigenvalue weighted by molar-refractivity contribution is 6.20. The van der Waals surface area contributed by atoms with E-state index in [4.69, 9.17) is 16.3 Å². The smallest absolute Gasteiger partial charge is 0.231 e. The summed E-state index contributed by atoms with van der Waals surface area (Å²) in [7, 11) is 0. The number of benzene rings is 1. The Hall–Kier alpha value is -1.22. The van der Waals surface area contributed by atoms with Crippen molar-refractivity contribution < 1.29 is 9.53 Å². The average molecular weight is 256 g/mol. The molecule has 0 aromatic heterocycles. The number of rotatable bonds is 5. The first-order chi connectivity index (χ1) is 8.01. The monoisotopic (exact) mass is 255 g/mol. The zero-order valence-electron chi connectivity index (χ0n) is 10.4. The molecular formula is C13H18ClNO2. The molecule has 0 radical (unpaired) electrons. The second-order valence-electron chi connectivity index (χ2n) is 4.40. The van der Waals surface area contributed by atoms with E-state index in [1.54, 1.807) is 13.8 Å². The lowest BCUT2D eigenvalue weighted by molar-refractivity contribution is -0.122. The molecule has 0 bridgehead atoms. The van der Waals surface area contributed by atoms with Crippen LogP contribution in [0.25, 0.3) is 0 Å². The number of ether oxygens (including phenoxy) is 1. The third-order valence-corrected chi connectivity index (χ3v) is 3.05. The molecule has 0 fully saturated rings. The summed E-state index contributed by atoms with van der Waals surface area (Å²) in [4.78, 5) is 12.0. The van der Waals surface area contributed by atoms with E-state index in [0.29, 0.717) is 18.0 Å². The van der Waals surface area contributed by atoms with E-state index in [-0.39, 0.29) is 11.8 Å². The van der Waals surface area contributed by atoms with Gasteiger partial charge in [0.25, 0.3) is 0 Å². The highest BCUT2D eigenvalue weighted by Crippen LogP contribution is 2.26. The van der Waals surface area contributed by atoms with Crippen molar-refractivity contribution in [2.24, 2.45) is 5.41 Å². The Morgan fingerprint density at radius 2 is 2.06 bits per heavy atom. The molecule has 0 aliphatic carbocycles. The Balaban J connectivity index is 2.84. The lowest BCUT2D eigenvalue weighted by atomic mass is 9.95. The standard InChI is InChI=1S/C13H18ClNO2/c1-4-17-11-8-6-5-7-10(11)15-12(16)13(2,3)9-14/h5-8H,4,9H2,1-3H3,(H,15,16). The number of halogens is 1. The minimum absolute atomic E-state index is 0.111. The molecule has 0 heterocycles. The number of alkyl halides is 1. The summed E-state index contributed by atoms with van der Waals surface area (Å²) >= 11 is 5.76. The summed E-state index contributed by atoms with van der Waals surface area (Å²) in [5.41, 5.74) is 0.0819. The van der Waals surface area contributed by atoms with Crippen LogP contribution in [0.4, 0.5) is 5.69 Å².